The highest BCUT2D eigenvalue weighted by Gasteiger charge is 2.48. The fourth-order valence-electron chi connectivity index (χ4n) is 9.02. The van der Waals surface area contributed by atoms with Crippen LogP contribution in [-0.4, -0.2) is 93.9 Å². The van der Waals surface area contributed by atoms with Gasteiger partial charge in [0.25, 0.3) is 5.91 Å². The lowest BCUT2D eigenvalue weighted by Gasteiger charge is -2.52. The van der Waals surface area contributed by atoms with E-state index < -0.39 is 26.8 Å². The number of anilines is 1. The molecule has 5 atom stereocenters. The standard InChI is InChI=1S/C41H57ClN4O5S/c1-29-8-7-18-41(50-3,28-44-20-22-45(23-21-44)36-10-6-11-36)37-16-13-33(37)26-46-19-5-4-9-31-24-35(42)15-12-34(31)27-51-39-17-14-32(25-38(39)46)40(47)43-52(48,49)30(29)2/h7,12,14-15,17-18,24-25,29-30,33,36-37H,4-6,8-11,13,16,19-23,26-28H2,1-3H3,(H,43,47)/b18-7+/t29-,30+,33-,37+,41+/m0/s1. The van der Waals surface area contributed by atoms with Gasteiger partial charge in [-0.05, 0) is 118 Å². The van der Waals surface area contributed by atoms with E-state index in [4.69, 9.17) is 21.1 Å². The zero-order chi connectivity index (χ0) is 36.5. The number of hydrogen-bond acceptors (Lipinski definition) is 8. The minimum Gasteiger partial charge on any atom is -0.487 e. The first-order chi connectivity index (χ1) is 25.0. The second-order valence-electron chi connectivity index (χ2n) is 16.1. The predicted molar refractivity (Wildman–Crippen MR) is 208 cm³/mol. The van der Waals surface area contributed by atoms with Crippen LogP contribution >= 0.6 is 11.6 Å². The summed E-state index contributed by atoms with van der Waals surface area (Å²) in [6.45, 7) is 10.7. The van der Waals surface area contributed by atoms with Crippen LogP contribution in [0, 0.1) is 17.8 Å². The molecule has 1 N–H and O–H groups in total. The quantitative estimate of drug-likeness (QED) is 0.346. The Bertz CT molecular complexity index is 1730. The van der Waals surface area contributed by atoms with E-state index in [0.717, 1.165) is 100 Å². The topological polar surface area (TPSA) is 91.4 Å². The highest BCUT2D eigenvalue weighted by Crippen LogP contribution is 2.47. The van der Waals surface area contributed by atoms with Gasteiger partial charge in [0.1, 0.15) is 18.0 Å². The Kier molecular flexibility index (Phi) is 11.6. The van der Waals surface area contributed by atoms with Crippen molar-refractivity contribution in [2.75, 3.05) is 57.8 Å². The molecule has 0 radical (unpaired) electrons. The maximum absolute atomic E-state index is 13.6. The third-order valence-electron chi connectivity index (χ3n) is 13.0. The summed E-state index contributed by atoms with van der Waals surface area (Å²) < 4.78 is 42.8. The average Bonchev–Trinajstić information content (AvgIpc) is 3.12. The van der Waals surface area contributed by atoms with E-state index in [1.54, 1.807) is 13.0 Å². The first-order valence-electron chi connectivity index (χ1n) is 19.6. The lowest BCUT2D eigenvalue weighted by molar-refractivity contribution is -0.0971. The number of carbonyl (C=O) groups is 1. The van der Waals surface area contributed by atoms with E-state index in [0.29, 0.717) is 36.2 Å². The maximum Gasteiger partial charge on any atom is 0.264 e. The Labute approximate surface area is 316 Å². The van der Waals surface area contributed by atoms with E-state index >= 15 is 0 Å². The molecule has 2 saturated carbocycles. The third-order valence-corrected chi connectivity index (χ3v) is 15.2. The molecule has 11 heteroatoms. The Balaban J connectivity index is 1.23. The molecule has 2 aromatic carbocycles. The van der Waals surface area contributed by atoms with E-state index in [1.165, 1.54) is 24.8 Å². The monoisotopic (exact) mass is 752 g/mol. The van der Waals surface area contributed by atoms with Gasteiger partial charge in [-0.25, -0.2) is 13.1 Å². The second-order valence-corrected chi connectivity index (χ2v) is 18.6. The highest BCUT2D eigenvalue weighted by atomic mass is 35.5. The van der Waals surface area contributed by atoms with E-state index in [1.807, 2.05) is 44.4 Å². The molecular formula is C41H57ClN4O5S. The summed E-state index contributed by atoms with van der Waals surface area (Å²) >= 11 is 6.41. The fraction of sp³-hybridized carbons (Fsp3) is 0.634. The fourth-order valence-corrected chi connectivity index (χ4v) is 10.5. The van der Waals surface area contributed by atoms with Crippen molar-refractivity contribution in [3.63, 3.8) is 0 Å². The van der Waals surface area contributed by atoms with Gasteiger partial charge in [0.15, 0.2) is 0 Å². The summed E-state index contributed by atoms with van der Waals surface area (Å²) in [7, 11) is -2.08. The number of allylic oxidation sites excluding steroid dienone is 1. The number of halogens is 1. The van der Waals surface area contributed by atoms with Crippen LogP contribution in [-0.2, 0) is 27.8 Å². The van der Waals surface area contributed by atoms with Gasteiger partial charge < -0.3 is 14.4 Å². The number of rotatable bonds is 4. The van der Waals surface area contributed by atoms with Crippen molar-refractivity contribution < 1.29 is 22.7 Å². The Morgan fingerprint density at radius 2 is 1.77 bits per heavy atom. The molecule has 0 spiro atoms. The van der Waals surface area contributed by atoms with Crippen LogP contribution in [0.2, 0.25) is 5.02 Å². The number of piperazine rings is 1. The SMILES string of the molecule is CO[C@@]1(CN2CCN(C3CCC3)CC2)/C=C/C[C@H](C)[C@@H](C)S(=O)(=O)NC(=O)c2ccc3c(c2)N(CCCCc2cc(Cl)ccc2CO3)C[C@@H]2CC[C@H]21. The average molecular weight is 753 g/mol. The van der Waals surface area contributed by atoms with Gasteiger partial charge in [-0.2, -0.15) is 0 Å². The van der Waals surface area contributed by atoms with Crippen LogP contribution in [0.25, 0.3) is 0 Å². The van der Waals surface area contributed by atoms with Crippen molar-refractivity contribution >= 4 is 33.2 Å². The number of nitrogens with zero attached hydrogens (tertiary/aromatic N) is 3. The lowest BCUT2D eigenvalue weighted by Crippen LogP contribution is -2.59. The van der Waals surface area contributed by atoms with Crippen LogP contribution in [0.3, 0.4) is 0 Å². The molecule has 1 amide bonds. The molecule has 3 fully saturated rings. The molecular weight excluding hydrogens is 696 g/mol. The molecule has 2 aliphatic carbocycles. The van der Waals surface area contributed by atoms with Gasteiger partial charge in [0.05, 0.1) is 10.9 Å². The number of nitrogens with one attached hydrogen (secondary N) is 1. The smallest absolute Gasteiger partial charge is 0.264 e. The number of hydrogen-bond donors (Lipinski definition) is 1. The Morgan fingerprint density at radius 1 is 0.962 bits per heavy atom. The van der Waals surface area contributed by atoms with Crippen molar-refractivity contribution in [2.24, 2.45) is 17.8 Å². The lowest BCUT2D eigenvalue weighted by atomic mass is 9.63. The molecule has 0 aromatic heterocycles. The van der Waals surface area contributed by atoms with Gasteiger partial charge in [-0.15, -0.1) is 0 Å². The van der Waals surface area contributed by atoms with Gasteiger partial charge in [-0.1, -0.05) is 43.2 Å². The summed E-state index contributed by atoms with van der Waals surface area (Å²) in [6, 6.07) is 12.1. The summed E-state index contributed by atoms with van der Waals surface area (Å²) in [5.74, 6) is 0.529. The molecule has 7 rings (SSSR count). The number of benzene rings is 2. The van der Waals surface area contributed by atoms with Crippen LogP contribution in [0.15, 0.2) is 48.6 Å². The molecule has 2 aromatic rings. The predicted octanol–water partition coefficient (Wildman–Crippen LogP) is 6.69. The van der Waals surface area contributed by atoms with Crippen molar-refractivity contribution in [1.82, 2.24) is 14.5 Å². The van der Waals surface area contributed by atoms with Gasteiger partial charge >= 0.3 is 0 Å². The molecule has 3 heterocycles. The third kappa shape index (κ3) is 8.07. The number of carbonyl (C=O) groups excluding carboxylic acids is 1. The van der Waals surface area contributed by atoms with Crippen LogP contribution in [0.4, 0.5) is 5.69 Å². The number of ether oxygens (including phenoxy) is 2. The summed E-state index contributed by atoms with van der Waals surface area (Å²) in [4.78, 5) is 21.3. The summed E-state index contributed by atoms with van der Waals surface area (Å²) in [6.07, 6.45) is 14.0. The molecule has 284 valence electrons. The van der Waals surface area contributed by atoms with Crippen LogP contribution < -0.4 is 14.4 Å². The zero-order valence-electron chi connectivity index (χ0n) is 31.2. The number of sulfonamides is 1. The van der Waals surface area contributed by atoms with E-state index in [2.05, 4.69) is 31.6 Å². The minimum atomic E-state index is -3.94. The Morgan fingerprint density at radius 3 is 2.48 bits per heavy atom. The van der Waals surface area contributed by atoms with Crippen molar-refractivity contribution in [3.8, 4) is 5.75 Å². The molecule has 52 heavy (non-hydrogen) atoms. The first-order valence-corrected chi connectivity index (χ1v) is 21.5. The van der Waals surface area contributed by atoms with Crippen LogP contribution in [0.5, 0.6) is 5.75 Å². The number of fused-ring (bicyclic) bond motifs is 3. The largest absolute Gasteiger partial charge is 0.487 e. The normalized spacial score (nSPS) is 31.4. The van der Waals surface area contributed by atoms with Crippen molar-refractivity contribution in [2.45, 2.75) is 95.1 Å². The van der Waals surface area contributed by atoms with E-state index in [9.17, 15) is 13.2 Å². The van der Waals surface area contributed by atoms with Gasteiger partial charge in [0, 0.05) is 69.6 Å². The summed E-state index contributed by atoms with van der Waals surface area (Å²) in [5.41, 5.74) is 2.93. The maximum atomic E-state index is 13.6. The van der Waals surface area contributed by atoms with Gasteiger partial charge in [0.2, 0.25) is 10.0 Å². The first kappa shape index (κ1) is 37.7. The molecule has 0 unspecified atom stereocenters. The zero-order valence-corrected chi connectivity index (χ0v) is 32.8. The van der Waals surface area contributed by atoms with Crippen molar-refractivity contribution in [3.05, 3.63) is 70.3 Å². The second kappa shape index (κ2) is 16.0. The van der Waals surface area contributed by atoms with E-state index in [-0.39, 0.29) is 5.92 Å². The Hall–Kier alpha value is -2.63. The molecule has 3 aliphatic heterocycles. The number of amides is 1. The number of aryl methyl sites for hydroxylation is 1. The molecule has 5 aliphatic rings. The van der Waals surface area contributed by atoms with Gasteiger partial charge in [-0.3, -0.25) is 14.6 Å². The molecule has 1 saturated heterocycles. The molecule has 9 nitrogen and oxygen atoms in total. The highest BCUT2D eigenvalue weighted by molar-refractivity contribution is 7.90. The molecule has 2 bridgehead atoms. The number of methoxy groups -OCH3 is 1. The van der Waals surface area contributed by atoms with Crippen molar-refractivity contribution in [1.29, 1.82) is 0 Å². The summed E-state index contributed by atoms with van der Waals surface area (Å²) in [5, 5.41) is -0.0448. The minimum absolute atomic E-state index is 0.207. The van der Waals surface area contributed by atoms with Crippen LogP contribution in [0.1, 0.15) is 86.7 Å².